The van der Waals surface area contributed by atoms with Crippen molar-refractivity contribution in [2.24, 2.45) is 5.92 Å². The monoisotopic (exact) mass is 287 g/mol. The zero-order chi connectivity index (χ0) is 15.1. The van der Waals surface area contributed by atoms with E-state index in [-0.39, 0.29) is 25.1 Å². The molecule has 0 radical (unpaired) electrons. The lowest BCUT2D eigenvalue weighted by atomic mass is 10.1. The zero-order valence-electron chi connectivity index (χ0n) is 11.7. The van der Waals surface area contributed by atoms with Crippen LogP contribution in [-0.2, 0) is 14.3 Å². The second kappa shape index (κ2) is 7.68. The Morgan fingerprint density at radius 3 is 2.75 bits per heavy atom. The maximum atomic E-state index is 12.0. The van der Waals surface area contributed by atoms with Crippen LogP contribution < -0.4 is 10.6 Å². The lowest BCUT2D eigenvalue weighted by Crippen LogP contribution is -2.58. The van der Waals surface area contributed by atoms with E-state index in [9.17, 15) is 14.4 Å². The van der Waals surface area contributed by atoms with Crippen molar-refractivity contribution in [2.45, 2.75) is 19.4 Å². The average molecular weight is 287 g/mol. The van der Waals surface area contributed by atoms with Gasteiger partial charge in [-0.25, -0.2) is 4.79 Å². The Kier molecular flexibility index (Phi) is 6.23. The number of ether oxygens (including phenoxy) is 1. The molecule has 0 spiro atoms. The molecule has 0 aromatic heterocycles. The number of urea groups is 1. The molecule has 114 valence electrons. The van der Waals surface area contributed by atoms with Gasteiger partial charge in [-0.1, -0.05) is 6.92 Å². The highest BCUT2D eigenvalue weighted by molar-refractivity contribution is 5.87. The van der Waals surface area contributed by atoms with E-state index in [0.29, 0.717) is 19.6 Å². The minimum Gasteiger partial charge on any atom is -0.481 e. The molecule has 1 aliphatic heterocycles. The number of likely N-dealkylation sites (N-methyl/N-ethyl adjacent to an activating group) is 1. The van der Waals surface area contributed by atoms with Gasteiger partial charge in [0.15, 0.2) is 0 Å². The summed E-state index contributed by atoms with van der Waals surface area (Å²) in [7, 11) is 1.50. The number of morpholine rings is 1. The van der Waals surface area contributed by atoms with Crippen LogP contribution in [0.25, 0.3) is 0 Å². The molecule has 0 aliphatic carbocycles. The summed E-state index contributed by atoms with van der Waals surface area (Å²) in [5.74, 6) is -1.69. The van der Waals surface area contributed by atoms with Crippen LogP contribution in [0.15, 0.2) is 0 Å². The number of aliphatic carboxylic acids is 1. The van der Waals surface area contributed by atoms with Crippen LogP contribution in [0.4, 0.5) is 4.79 Å². The van der Waals surface area contributed by atoms with Crippen molar-refractivity contribution in [3.05, 3.63) is 0 Å². The molecule has 2 unspecified atom stereocenters. The number of carbonyl (C=O) groups excluding carboxylic acids is 2. The molecule has 1 heterocycles. The maximum absolute atomic E-state index is 12.0. The number of hydrogen-bond donors (Lipinski definition) is 3. The third kappa shape index (κ3) is 4.37. The number of carboxylic acids is 1. The van der Waals surface area contributed by atoms with E-state index in [1.165, 1.54) is 11.9 Å². The van der Waals surface area contributed by atoms with Crippen molar-refractivity contribution in [3.63, 3.8) is 0 Å². The van der Waals surface area contributed by atoms with Gasteiger partial charge in [0.05, 0.1) is 19.1 Å². The molecule has 8 heteroatoms. The Morgan fingerprint density at radius 1 is 1.45 bits per heavy atom. The Bertz CT molecular complexity index is 374. The van der Waals surface area contributed by atoms with E-state index in [0.717, 1.165) is 0 Å². The Balaban J connectivity index is 2.47. The lowest BCUT2D eigenvalue weighted by molar-refractivity contribution is -0.141. The SMILES string of the molecule is CNC(=O)C1COCCN1C(=O)NCCC(C)C(=O)O. The average Bonchev–Trinajstić information content (AvgIpc) is 2.45. The van der Waals surface area contributed by atoms with Crippen LogP contribution in [0.2, 0.25) is 0 Å². The molecule has 8 nitrogen and oxygen atoms in total. The lowest BCUT2D eigenvalue weighted by Gasteiger charge is -2.34. The summed E-state index contributed by atoms with van der Waals surface area (Å²) in [6, 6.07) is -1.02. The molecule has 1 aliphatic rings. The molecule has 0 bridgehead atoms. The van der Waals surface area contributed by atoms with E-state index >= 15 is 0 Å². The Labute approximate surface area is 117 Å². The van der Waals surface area contributed by atoms with Crippen LogP contribution in [0.3, 0.4) is 0 Å². The van der Waals surface area contributed by atoms with Gasteiger partial charge in [-0.3, -0.25) is 9.59 Å². The second-order valence-corrected chi connectivity index (χ2v) is 4.66. The predicted octanol–water partition coefficient (Wildman–Crippen LogP) is -0.746. The smallest absolute Gasteiger partial charge is 0.318 e. The summed E-state index contributed by atoms with van der Waals surface area (Å²) in [5, 5.41) is 13.9. The Morgan fingerprint density at radius 2 is 2.15 bits per heavy atom. The van der Waals surface area contributed by atoms with E-state index in [1.807, 2.05) is 0 Å². The minimum atomic E-state index is -0.895. The first-order valence-corrected chi connectivity index (χ1v) is 6.54. The first-order valence-electron chi connectivity index (χ1n) is 6.54. The standard InChI is InChI=1S/C12H21N3O5/c1-8(11(17)18)3-4-14-12(19)15-5-6-20-7-9(15)10(16)13-2/h8-9H,3-7H2,1-2H3,(H,13,16)(H,14,19)(H,17,18). The molecule has 2 atom stereocenters. The van der Waals surface area contributed by atoms with E-state index < -0.39 is 17.9 Å². The number of rotatable bonds is 5. The highest BCUT2D eigenvalue weighted by atomic mass is 16.5. The number of nitrogens with zero attached hydrogens (tertiary/aromatic N) is 1. The van der Waals surface area contributed by atoms with Crippen molar-refractivity contribution >= 4 is 17.9 Å². The summed E-state index contributed by atoms with van der Waals surface area (Å²) >= 11 is 0. The summed E-state index contributed by atoms with van der Waals surface area (Å²) in [6.45, 7) is 2.71. The predicted molar refractivity (Wildman–Crippen MR) is 70.2 cm³/mol. The largest absolute Gasteiger partial charge is 0.481 e. The number of amides is 3. The van der Waals surface area contributed by atoms with Crippen LogP contribution >= 0.6 is 0 Å². The third-order valence-electron chi connectivity index (χ3n) is 3.21. The van der Waals surface area contributed by atoms with Crippen LogP contribution in [0.1, 0.15) is 13.3 Å². The fourth-order valence-electron chi connectivity index (χ4n) is 1.85. The summed E-state index contributed by atoms with van der Waals surface area (Å²) in [4.78, 5) is 35.7. The number of hydrogen-bond acceptors (Lipinski definition) is 4. The molecule has 3 amide bonds. The molecule has 0 aromatic carbocycles. The van der Waals surface area contributed by atoms with Crippen molar-refractivity contribution in [3.8, 4) is 0 Å². The van der Waals surface area contributed by atoms with Gasteiger partial charge in [-0.2, -0.15) is 0 Å². The number of carboxylic acid groups (broad SMARTS) is 1. The highest BCUT2D eigenvalue weighted by Crippen LogP contribution is 2.08. The van der Waals surface area contributed by atoms with Crippen molar-refractivity contribution in [1.82, 2.24) is 15.5 Å². The van der Waals surface area contributed by atoms with E-state index in [2.05, 4.69) is 10.6 Å². The number of nitrogens with one attached hydrogen (secondary N) is 2. The molecule has 0 saturated carbocycles. The number of carbonyl (C=O) groups is 3. The molecule has 3 N–H and O–H groups in total. The maximum Gasteiger partial charge on any atom is 0.318 e. The van der Waals surface area contributed by atoms with Gasteiger partial charge < -0.3 is 25.4 Å². The fraction of sp³-hybridized carbons (Fsp3) is 0.750. The molecule has 0 aromatic rings. The van der Waals surface area contributed by atoms with Gasteiger partial charge in [-0.05, 0) is 6.42 Å². The quantitative estimate of drug-likeness (QED) is 0.617. The molecule has 20 heavy (non-hydrogen) atoms. The molecule has 1 rings (SSSR count). The zero-order valence-corrected chi connectivity index (χ0v) is 11.7. The summed E-state index contributed by atoms with van der Waals surface area (Å²) in [5.41, 5.74) is 0. The third-order valence-corrected chi connectivity index (χ3v) is 3.21. The van der Waals surface area contributed by atoms with E-state index in [4.69, 9.17) is 9.84 Å². The van der Waals surface area contributed by atoms with Crippen LogP contribution in [0.5, 0.6) is 0 Å². The minimum absolute atomic E-state index is 0.165. The summed E-state index contributed by atoms with van der Waals surface area (Å²) in [6.07, 6.45) is 0.343. The van der Waals surface area contributed by atoms with Gasteiger partial charge in [0.2, 0.25) is 5.91 Å². The first kappa shape index (κ1) is 16.2. The molecular weight excluding hydrogens is 266 g/mol. The first-order chi connectivity index (χ1) is 9.47. The van der Waals surface area contributed by atoms with Crippen LogP contribution in [0, 0.1) is 5.92 Å². The van der Waals surface area contributed by atoms with Gasteiger partial charge in [-0.15, -0.1) is 0 Å². The molecule has 1 fully saturated rings. The topological polar surface area (TPSA) is 108 Å². The Hall–Kier alpha value is -1.83. The second-order valence-electron chi connectivity index (χ2n) is 4.66. The van der Waals surface area contributed by atoms with Crippen molar-refractivity contribution in [2.75, 3.05) is 33.4 Å². The highest BCUT2D eigenvalue weighted by Gasteiger charge is 2.32. The van der Waals surface area contributed by atoms with Crippen molar-refractivity contribution < 1.29 is 24.2 Å². The van der Waals surface area contributed by atoms with Gasteiger partial charge in [0.1, 0.15) is 6.04 Å². The summed E-state index contributed by atoms with van der Waals surface area (Å²) < 4.78 is 5.20. The fourth-order valence-corrected chi connectivity index (χ4v) is 1.85. The normalized spacial score (nSPS) is 20.1. The molecule has 1 saturated heterocycles. The van der Waals surface area contributed by atoms with Gasteiger partial charge in [0, 0.05) is 20.1 Å². The molecular formula is C12H21N3O5. The van der Waals surface area contributed by atoms with E-state index in [1.54, 1.807) is 6.92 Å². The van der Waals surface area contributed by atoms with Gasteiger partial charge in [0.25, 0.3) is 0 Å². The van der Waals surface area contributed by atoms with Crippen LogP contribution in [-0.4, -0.2) is 67.3 Å². The van der Waals surface area contributed by atoms with Crippen molar-refractivity contribution in [1.29, 1.82) is 0 Å². The van der Waals surface area contributed by atoms with Gasteiger partial charge >= 0.3 is 12.0 Å².